The lowest BCUT2D eigenvalue weighted by Gasteiger charge is -2.28. The summed E-state index contributed by atoms with van der Waals surface area (Å²) >= 11 is 0. The van der Waals surface area contributed by atoms with Crippen LogP contribution in [-0.4, -0.2) is 19.0 Å². The third-order valence-corrected chi connectivity index (χ3v) is 3.89. The summed E-state index contributed by atoms with van der Waals surface area (Å²) in [6.45, 7) is 3.76. The Balaban J connectivity index is 2.00. The molecule has 0 spiro atoms. The quantitative estimate of drug-likeness (QED) is 0.823. The van der Waals surface area contributed by atoms with Crippen LogP contribution >= 0.6 is 0 Å². The molecule has 0 aliphatic carbocycles. The van der Waals surface area contributed by atoms with Gasteiger partial charge in [-0.25, -0.2) is 0 Å². The molecule has 3 nitrogen and oxygen atoms in total. The van der Waals surface area contributed by atoms with E-state index >= 15 is 0 Å². The number of aryl methyl sites for hydroxylation is 1. The molecule has 0 bridgehead atoms. The monoisotopic (exact) mass is 232 g/mol. The number of hydrogen-bond acceptors (Lipinski definition) is 2. The predicted octanol–water partition coefficient (Wildman–Crippen LogP) is 1.33. The number of nitrogens with two attached hydrogens (primary N) is 1. The second-order valence-electron chi connectivity index (χ2n) is 5.23. The van der Waals surface area contributed by atoms with Crippen molar-refractivity contribution in [2.75, 3.05) is 13.1 Å². The van der Waals surface area contributed by atoms with Crippen molar-refractivity contribution in [1.29, 1.82) is 0 Å². The minimum absolute atomic E-state index is 0.00166. The number of primary amides is 1. The van der Waals surface area contributed by atoms with Crippen molar-refractivity contribution < 1.29 is 4.79 Å². The minimum Gasteiger partial charge on any atom is -0.369 e. The molecular weight excluding hydrogens is 212 g/mol. The molecule has 0 radical (unpaired) electrons. The van der Waals surface area contributed by atoms with E-state index in [1.54, 1.807) is 0 Å². The Bertz CT molecular complexity index is 390. The topological polar surface area (TPSA) is 55.1 Å². The van der Waals surface area contributed by atoms with Crippen molar-refractivity contribution in [3.8, 4) is 0 Å². The van der Waals surface area contributed by atoms with Crippen molar-refractivity contribution in [2.45, 2.75) is 19.8 Å². The molecule has 3 heteroatoms. The van der Waals surface area contributed by atoms with E-state index in [0.717, 1.165) is 25.9 Å². The summed E-state index contributed by atoms with van der Waals surface area (Å²) in [5.74, 6) is -0.211. The third kappa shape index (κ3) is 2.67. The van der Waals surface area contributed by atoms with Gasteiger partial charge in [-0.05, 0) is 23.8 Å². The maximum atomic E-state index is 11.4. The maximum absolute atomic E-state index is 11.4. The highest BCUT2D eigenvalue weighted by molar-refractivity contribution is 5.78. The number of rotatable bonds is 4. The summed E-state index contributed by atoms with van der Waals surface area (Å²) in [5.41, 5.74) is 6.79. The van der Waals surface area contributed by atoms with E-state index in [9.17, 15) is 4.79 Å². The zero-order valence-electron chi connectivity index (χ0n) is 10.3. The molecular formula is C14H20N2O. The molecule has 1 fully saturated rings. The first kappa shape index (κ1) is 12.1. The van der Waals surface area contributed by atoms with Gasteiger partial charge in [0.2, 0.25) is 5.91 Å². The van der Waals surface area contributed by atoms with Gasteiger partial charge in [0, 0.05) is 13.1 Å². The van der Waals surface area contributed by atoms with E-state index in [1.807, 2.05) is 6.07 Å². The molecule has 2 rings (SSSR count). The van der Waals surface area contributed by atoms with Crippen molar-refractivity contribution in [2.24, 2.45) is 17.1 Å². The Labute approximate surface area is 102 Å². The smallest absolute Gasteiger partial charge is 0.222 e. The van der Waals surface area contributed by atoms with Crippen LogP contribution in [0.4, 0.5) is 0 Å². The molecule has 0 saturated carbocycles. The van der Waals surface area contributed by atoms with Gasteiger partial charge in [-0.1, -0.05) is 37.3 Å². The lowest BCUT2D eigenvalue weighted by atomic mass is 9.75. The molecule has 92 valence electrons. The van der Waals surface area contributed by atoms with Crippen molar-refractivity contribution in [1.82, 2.24) is 5.32 Å². The molecule has 2 unspecified atom stereocenters. The van der Waals surface area contributed by atoms with Crippen LogP contribution in [0.1, 0.15) is 18.9 Å². The van der Waals surface area contributed by atoms with Crippen LogP contribution in [0, 0.1) is 11.3 Å². The van der Waals surface area contributed by atoms with Gasteiger partial charge >= 0.3 is 0 Å². The molecule has 17 heavy (non-hydrogen) atoms. The number of carbonyl (C=O) groups excluding carboxylic acids is 1. The van der Waals surface area contributed by atoms with Crippen LogP contribution in [0.25, 0.3) is 0 Å². The largest absolute Gasteiger partial charge is 0.369 e. The molecule has 1 amide bonds. The Kier molecular flexibility index (Phi) is 3.48. The Morgan fingerprint density at radius 2 is 2.18 bits per heavy atom. The van der Waals surface area contributed by atoms with Gasteiger partial charge in [0.1, 0.15) is 0 Å². The SMILES string of the molecule is CC1(CCc2ccccc2)CNCC1C(N)=O. The van der Waals surface area contributed by atoms with Gasteiger partial charge in [0.15, 0.2) is 0 Å². The lowest BCUT2D eigenvalue weighted by molar-refractivity contribution is -0.124. The van der Waals surface area contributed by atoms with Gasteiger partial charge in [-0.2, -0.15) is 0 Å². The van der Waals surface area contributed by atoms with Gasteiger partial charge in [-0.15, -0.1) is 0 Å². The first-order chi connectivity index (χ1) is 8.12. The number of amides is 1. The molecule has 1 aromatic rings. The molecule has 1 heterocycles. The number of benzene rings is 1. The van der Waals surface area contributed by atoms with Crippen LogP contribution in [0.3, 0.4) is 0 Å². The third-order valence-electron chi connectivity index (χ3n) is 3.89. The van der Waals surface area contributed by atoms with Gasteiger partial charge in [0.05, 0.1) is 5.92 Å². The van der Waals surface area contributed by atoms with E-state index in [-0.39, 0.29) is 17.2 Å². The molecule has 1 aromatic carbocycles. The van der Waals surface area contributed by atoms with Crippen molar-refractivity contribution in [3.63, 3.8) is 0 Å². The summed E-state index contributed by atoms with van der Waals surface area (Å²) in [4.78, 5) is 11.4. The second kappa shape index (κ2) is 4.88. The molecule has 1 aliphatic heterocycles. The van der Waals surface area contributed by atoms with E-state index in [4.69, 9.17) is 5.73 Å². The number of nitrogens with one attached hydrogen (secondary N) is 1. The van der Waals surface area contributed by atoms with Crippen molar-refractivity contribution in [3.05, 3.63) is 35.9 Å². The zero-order chi connectivity index (χ0) is 12.3. The van der Waals surface area contributed by atoms with E-state index in [1.165, 1.54) is 5.56 Å². The predicted molar refractivity (Wildman–Crippen MR) is 68.4 cm³/mol. The van der Waals surface area contributed by atoms with Crippen LogP contribution in [0.2, 0.25) is 0 Å². The van der Waals surface area contributed by atoms with Crippen molar-refractivity contribution >= 4 is 5.91 Å². The maximum Gasteiger partial charge on any atom is 0.222 e. The fourth-order valence-electron chi connectivity index (χ4n) is 2.65. The Morgan fingerprint density at radius 3 is 2.82 bits per heavy atom. The fraction of sp³-hybridized carbons (Fsp3) is 0.500. The fourth-order valence-corrected chi connectivity index (χ4v) is 2.65. The highest BCUT2D eigenvalue weighted by Gasteiger charge is 2.41. The van der Waals surface area contributed by atoms with E-state index in [2.05, 4.69) is 36.5 Å². The van der Waals surface area contributed by atoms with E-state index in [0.29, 0.717) is 0 Å². The number of carbonyl (C=O) groups is 1. The first-order valence-electron chi connectivity index (χ1n) is 6.16. The molecule has 1 saturated heterocycles. The minimum atomic E-state index is -0.175. The summed E-state index contributed by atoms with van der Waals surface area (Å²) in [6, 6.07) is 10.4. The summed E-state index contributed by atoms with van der Waals surface area (Å²) < 4.78 is 0. The zero-order valence-corrected chi connectivity index (χ0v) is 10.3. The summed E-state index contributed by atoms with van der Waals surface area (Å²) in [6.07, 6.45) is 2.00. The van der Waals surface area contributed by atoms with E-state index < -0.39 is 0 Å². The molecule has 0 aromatic heterocycles. The summed E-state index contributed by atoms with van der Waals surface area (Å²) in [7, 11) is 0. The average molecular weight is 232 g/mol. The van der Waals surface area contributed by atoms with Gasteiger partial charge < -0.3 is 11.1 Å². The lowest BCUT2D eigenvalue weighted by Crippen LogP contribution is -2.36. The average Bonchev–Trinajstić information content (AvgIpc) is 2.71. The second-order valence-corrected chi connectivity index (χ2v) is 5.23. The highest BCUT2D eigenvalue weighted by Crippen LogP contribution is 2.35. The van der Waals surface area contributed by atoms with Crippen LogP contribution in [0.15, 0.2) is 30.3 Å². The summed E-state index contributed by atoms with van der Waals surface area (Å²) in [5, 5.41) is 3.28. The van der Waals surface area contributed by atoms with Crippen LogP contribution in [0.5, 0.6) is 0 Å². The van der Waals surface area contributed by atoms with Gasteiger partial charge in [0.25, 0.3) is 0 Å². The molecule has 1 aliphatic rings. The molecule has 3 N–H and O–H groups in total. The Morgan fingerprint density at radius 1 is 1.47 bits per heavy atom. The highest BCUT2D eigenvalue weighted by atomic mass is 16.1. The van der Waals surface area contributed by atoms with Crippen LogP contribution < -0.4 is 11.1 Å². The number of hydrogen-bond donors (Lipinski definition) is 2. The van der Waals surface area contributed by atoms with Gasteiger partial charge in [-0.3, -0.25) is 4.79 Å². The molecule has 2 atom stereocenters. The first-order valence-corrected chi connectivity index (χ1v) is 6.16. The standard InChI is InChI=1S/C14H20N2O/c1-14(10-16-9-12(14)13(15)17)8-7-11-5-3-2-4-6-11/h2-6,12,16H,7-10H2,1H3,(H2,15,17). The Hall–Kier alpha value is -1.35. The normalized spacial score (nSPS) is 28.2. The van der Waals surface area contributed by atoms with Crippen LogP contribution in [-0.2, 0) is 11.2 Å².